The molecule has 2 aromatic rings. The van der Waals surface area contributed by atoms with Crippen molar-refractivity contribution in [2.45, 2.75) is 19.6 Å². The van der Waals surface area contributed by atoms with Gasteiger partial charge in [0.25, 0.3) is 10.1 Å². The predicted octanol–water partition coefficient (Wildman–Crippen LogP) is 1.84. The summed E-state index contributed by atoms with van der Waals surface area (Å²) in [5, 5.41) is 8.77. The molecule has 0 saturated carbocycles. The molecule has 0 saturated heterocycles. The molecule has 0 amide bonds. The zero-order chi connectivity index (χ0) is 15.5. The van der Waals surface area contributed by atoms with Gasteiger partial charge in [0, 0.05) is 18.3 Å². The van der Waals surface area contributed by atoms with Crippen LogP contribution in [0.5, 0.6) is 0 Å². The largest absolute Gasteiger partial charge is 0.307 e. The minimum Gasteiger partial charge on any atom is -0.307 e. The molecular formula is C14H15N3O3S. The van der Waals surface area contributed by atoms with Crippen molar-refractivity contribution in [3.05, 3.63) is 53.6 Å². The topological polar surface area (TPSA) is 85.0 Å². The molecule has 1 aromatic heterocycles. The van der Waals surface area contributed by atoms with Gasteiger partial charge in [-0.15, -0.1) is 0 Å². The smallest absolute Gasteiger partial charge is 0.266 e. The summed E-state index contributed by atoms with van der Waals surface area (Å²) in [7, 11) is -3.53. The van der Waals surface area contributed by atoms with Crippen molar-refractivity contribution in [3.63, 3.8) is 0 Å². The van der Waals surface area contributed by atoms with E-state index in [-0.39, 0.29) is 0 Å². The van der Waals surface area contributed by atoms with E-state index in [0.29, 0.717) is 12.0 Å². The van der Waals surface area contributed by atoms with E-state index in [2.05, 4.69) is 11.1 Å². The summed E-state index contributed by atoms with van der Waals surface area (Å²) >= 11 is 0. The van der Waals surface area contributed by atoms with Crippen LogP contribution in [0.3, 0.4) is 0 Å². The fraction of sp³-hybridized carbons (Fsp3) is 0.286. The van der Waals surface area contributed by atoms with E-state index in [0.717, 1.165) is 17.5 Å². The van der Waals surface area contributed by atoms with Gasteiger partial charge in [-0.1, -0.05) is 12.1 Å². The van der Waals surface area contributed by atoms with E-state index in [4.69, 9.17) is 9.44 Å². The fourth-order valence-corrected chi connectivity index (χ4v) is 2.60. The van der Waals surface area contributed by atoms with Crippen LogP contribution in [0, 0.1) is 11.3 Å². The Morgan fingerprint density at radius 2 is 2.05 bits per heavy atom. The van der Waals surface area contributed by atoms with E-state index in [9.17, 15) is 8.42 Å². The second-order valence-corrected chi connectivity index (χ2v) is 6.28. The van der Waals surface area contributed by atoms with Gasteiger partial charge in [-0.05, 0) is 24.6 Å². The normalized spacial score (nSPS) is 12.8. The third-order valence-corrected chi connectivity index (χ3v) is 3.55. The van der Waals surface area contributed by atoms with Gasteiger partial charge in [0.1, 0.15) is 0 Å². The Morgan fingerprint density at radius 3 is 2.62 bits per heavy atom. The third kappa shape index (κ3) is 4.15. The number of nitrogens with zero attached hydrogens (tertiary/aromatic N) is 3. The second-order valence-electron chi connectivity index (χ2n) is 4.68. The molecule has 2 rings (SSSR count). The first kappa shape index (κ1) is 15.2. The molecule has 0 aliphatic heterocycles. The molecule has 21 heavy (non-hydrogen) atoms. The van der Waals surface area contributed by atoms with E-state index < -0.39 is 16.3 Å². The van der Waals surface area contributed by atoms with Crippen LogP contribution in [0.4, 0.5) is 0 Å². The zero-order valence-electron chi connectivity index (χ0n) is 11.7. The Kier molecular flexibility index (Phi) is 4.40. The monoisotopic (exact) mass is 305 g/mol. The third-order valence-electron chi connectivity index (χ3n) is 2.92. The number of hydrogen-bond donors (Lipinski definition) is 0. The number of aromatic nitrogens is 2. The summed E-state index contributed by atoms with van der Waals surface area (Å²) in [5.41, 5.74) is 2.43. The standard InChI is InChI=1S/C14H15N3O3S/c1-11(20-21(2,18)19)17-10-16-9-14(17)7-12-3-5-13(8-15)6-4-12/h3-6,9-11H,7H2,1-2H3. The molecule has 1 heterocycles. The molecule has 6 nitrogen and oxygen atoms in total. The maximum atomic E-state index is 11.2. The highest BCUT2D eigenvalue weighted by Gasteiger charge is 2.15. The lowest BCUT2D eigenvalue weighted by Gasteiger charge is -2.15. The predicted molar refractivity (Wildman–Crippen MR) is 76.8 cm³/mol. The number of benzene rings is 1. The van der Waals surface area contributed by atoms with Crippen LogP contribution >= 0.6 is 0 Å². The van der Waals surface area contributed by atoms with Crippen LogP contribution in [0.25, 0.3) is 0 Å². The Morgan fingerprint density at radius 1 is 1.38 bits per heavy atom. The quantitative estimate of drug-likeness (QED) is 0.787. The molecule has 0 fully saturated rings. The maximum Gasteiger partial charge on any atom is 0.266 e. The second kappa shape index (κ2) is 6.08. The SMILES string of the molecule is CC(OS(C)(=O)=O)n1cncc1Cc1ccc(C#N)cc1. The molecule has 0 bridgehead atoms. The van der Waals surface area contributed by atoms with Crippen LogP contribution in [0.1, 0.15) is 30.0 Å². The minimum atomic E-state index is -3.53. The van der Waals surface area contributed by atoms with Gasteiger partial charge in [0.15, 0.2) is 6.23 Å². The highest BCUT2D eigenvalue weighted by molar-refractivity contribution is 7.85. The molecule has 0 spiro atoms. The van der Waals surface area contributed by atoms with Gasteiger partial charge in [0.05, 0.1) is 24.2 Å². The molecule has 0 radical (unpaired) electrons. The van der Waals surface area contributed by atoms with Crippen molar-refractivity contribution in [2.75, 3.05) is 6.26 Å². The van der Waals surface area contributed by atoms with E-state index in [1.807, 2.05) is 12.1 Å². The Labute approximate surface area is 123 Å². The summed E-state index contributed by atoms with van der Waals surface area (Å²) in [6, 6.07) is 9.27. The highest BCUT2D eigenvalue weighted by atomic mass is 32.2. The Balaban J connectivity index is 2.18. The van der Waals surface area contributed by atoms with Crippen molar-refractivity contribution < 1.29 is 12.6 Å². The molecule has 0 aliphatic rings. The van der Waals surface area contributed by atoms with Crippen LogP contribution in [0.15, 0.2) is 36.8 Å². The first-order chi connectivity index (χ1) is 9.89. The molecular weight excluding hydrogens is 290 g/mol. The summed E-state index contributed by atoms with van der Waals surface area (Å²) in [6.45, 7) is 1.64. The average Bonchev–Trinajstić information content (AvgIpc) is 2.86. The maximum absolute atomic E-state index is 11.2. The first-order valence-electron chi connectivity index (χ1n) is 6.27. The van der Waals surface area contributed by atoms with Crippen LogP contribution in [0.2, 0.25) is 0 Å². The van der Waals surface area contributed by atoms with Crippen molar-refractivity contribution in [2.24, 2.45) is 0 Å². The summed E-state index contributed by atoms with van der Waals surface area (Å²) < 4.78 is 29.0. The fourth-order valence-electron chi connectivity index (χ4n) is 2.00. The summed E-state index contributed by atoms with van der Waals surface area (Å²) in [6.07, 6.45) is 4.13. The van der Waals surface area contributed by atoms with Crippen LogP contribution in [-0.4, -0.2) is 24.2 Å². The van der Waals surface area contributed by atoms with Gasteiger partial charge in [-0.25, -0.2) is 9.17 Å². The number of imidazole rings is 1. The van der Waals surface area contributed by atoms with E-state index in [1.165, 1.54) is 6.33 Å². The average molecular weight is 305 g/mol. The Hall–Kier alpha value is -2.17. The van der Waals surface area contributed by atoms with E-state index in [1.54, 1.807) is 29.8 Å². The highest BCUT2D eigenvalue weighted by Crippen LogP contribution is 2.17. The van der Waals surface area contributed by atoms with Crippen molar-refractivity contribution in [1.29, 1.82) is 5.26 Å². The van der Waals surface area contributed by atoms with Gasteiger partial charge < -0.3 is 4.57 Å². The van der Waals surface area contributed by atoms with Crippen LogP contribution in [-0.2, 0) is 20.7 Å². The van der Waals surface area contributed by atoms with Gasteiger partial charge in [-0.3, -0.25) is 0 Å². The molecule has 1 unspecified atom stereocenters. The minimum absolute atomic E-state index is 0.573. The van der Waals surface area contributed by atoms with Gasteiger partial charge >= 0.3 is 0 Å². The molecule has 7 heteroatoms. The number of nitriles is 1. The van der Waals surface area contributed by atoms with Crippen molar-refractivity contribution >= 4 is 10.1 Å². The molecule has 110 valence electrons. The molecule has 1 atom stereocenters. The molecule has 0 N–H and O–H groups in total. The lowest BCUT2D eigenvalue weighted by molar-refractivity contribution is 0.159. The molecule has 1 aromatic carbocycles. The summed E-state index contributed by atoms with van der Waals surface area (Å²) in [4.78, 5) is 4.04. The van der Waals surface area contributed by atoms with Crippen LogP contribution < -0.4 is 0 Å². The lowest BCUT2D eigenvalue weighted by Crippen LogP contribution is -2.15. The van der Waals surface area contributed by atoms with Crippen molar-refractivity contribution in [3.8, 4) is 6.07 Å². The summed E-state index contributed by atoms with van der Waals surface area (Å²) in [5.74, 6) is 0. The molecule has 0 aliphatic carbocycles. The van der Waals surface area contributed by atoms with E-state index >= 15 is 0 Å². The van der Waals surface area contributed by atoms with Gasteiger partial charge in [-0.2, -0.15) is 13.7 Å². The first-order valence-corrected chi connectivity index (χ1v) is 8.08. The zero-order valence-corrected chi connectivity index (χ0v) is 12.5. The number of rotatable bonds is 5. The van der Waals surface area contributed by atoms with Gasteiger partial charge in [0.2, 0.25) is 0 Å². The van der Waals surface area contributed by atoms with Crippen molar-refractivity contribution in [1.82, 2.24) is 9.55 Å². The Bertz CT molecular complexity index is 758. The lowest BCUT2D eigenvalue weighted by atomic mass is 10.1. The number of hydrogen-bond acceptors (Lipinski definition) is 5.